The number of carbonyl (C=O) groups is 2. The van der Waals surface area contributed by atoms with Gasteiger partial charge in [0.15, 0.2) is 11.6 Å². The fraction of sp³-hybridized carbons (Fsp3) is 0.655. The molecule has 2 aliphatic carbocycles. The molecule has 0 aromatic carbocycles. The normalized spacial score (nSPS) is 28.5. The number of Topliss-reactive ketones (excluding diaryl/α,β-unsaturated/α-hetero) is 1. The zero-order chi connectivity index (χ0) is 30.4. The number of pyridine rings is 1. The van der Waals surface area contributed by atoms with Gasteiger partial charge < -0.3 is 10.1 Å². The number of carbonyl (C=O) groups excluding carboxylic acids is 2. The topological polar surface area (TPSA) is 100 Å². The minimum absolute atomic E-state index is 0.0266. The molecule has 1 amide bonds. The number of nitrogens with zero attached hydrogens (tertiary/aromatic N) is 3. The van der Waals surface area contributed by atoms with Crippen LogP contribution in [0.1, 0.15) is 62.9 Å². The highest BCUT2D eigenvalue weighted by Gasteiger charge is 2.50. The van der Waals surface area contributed by atoms with Crippen molar-refractivity contribution < 1.29 is 36.3 Å². The Balaban J connectivity index is 1.22. The van der Waals surface area contributed by atoms with Crippen LogP contribution in [0.4, 0.5) is 22.0 Å². The summed E-state index contributed by atoms with van der Waals surface area (Å²) in [6, 6.07) is 0.671. The van der Waals surface area contributed by atoms with E-state index in [1.165, 1.54) is 33.1 Å². The molecule has 13 heteroatoms. The molecule has 6 atom stereocenters. The molecule has 1 saturated heterocycles. The largest absolute Gasteiger partial charge is 0.481 e. The van der Waals surface area contributed by atoms with Gasteiger partial charge in [-0.15, -0.1) is 0 Å². The third-order valence-electron chi connectivity index (χ3n) is 8.92. The minimum atomic E-state index is -4.47. The number of rotatable bonds is 8. The molecule has 0 radical (unpaired) electrons. The Morgan fingerprint density at radius 3 is 2.40 bits per heavy atom. The van der Waals surface area contributed by atoms with Crippen LogP contribution in [0.15, 0.2) is 18.3 Å². The number of halogens is 5. The highest BCUT2D eigenvalue weighted by molar-refractivity contribution is 5.98. The lowest BCUT2D eigenvalue weighted by molar-refractivity contribution is -0.196. The number of likely N-dealkylation sites (tertiary alicyclic amines) is 1. The first-order chi connectivity index (χ1) is 19.7. The van der Waals surface area contributed by atoms with Gasteiger partial charge in [-0.05, 0) is 70.3 Å². The van der Waals surface area contributed by atoms with Crippen molar-refractivity contribution in [1.29, 1.82) is 0 Å². The summed E-state index contributed by atoms with van der Waals surface area (Å²) in [4.78, 5) is 31.7. The minimum Gasteiger partial charge on any atom is -0.481 e. The number of methoxy groups -OCH3 is 1. The number of amides is 1. The van der Waals surface area contributed by atoms with Crippen LogP contribution < -0.4 is 10.1 Å². The molecule has 42 heavy (non-hydrogen) atoms. The third kappa shape index (κ3) is 6.45. The first-order valence-electron chi connectivity index (χ1n) is 14.3. The van der Waals surface area contributed by atoms with Crippen molar-refractivity contribution in [3.05, 3.63) is 29.8 Å². The quantitative estimate of drug-likeness (QED) is 0.324. The van der Waals surface area contributed by atoms with Gasteiger partial charge in [0.05, 0.1) is 19.0 Å². The van der Waals surface area contributed by atoms with Gasteiger partial charge in [0.1, 0.15) is 17.4 Å². The molecule has 5 rings (SSSR count). The first-order valence-corrected chi connectivity index (χ1v) is 14.3. The van der Waals surface area contributed by atoms with Crippen LogP contribution in [0.3, 0.4) is 0 Å². The lowest BCUT2D eigenvalue weighted by atomic mass is 9.70. The number of aromatic nitrogens is 3. The van der Waals surface area contributed by atoms with Gasteiger partial charge in [0, 0.05) is 42.6 Å². The Labute approximate surface area is 240 Å². The van der Waals surface area contributed by atoms with E-state index in [-0.39, 0.29) is 84.1 Å². The zero-order valence-electron chi connectivity index (χ0n) is 23.8. The second-order valence-electron chi connectivity index (χ2n) is 12.5. The van der Waals surface area contributed by atoms with Crippen LogP contribution in [-0.2, 0) is 4.79 Å². The summed E-state index contributed by atoms with van der Waals surface area (Å²) < 4.78 is 74.5. The maximum atomic E-state index is 14.4. The molecule has 2 N–H and O–H groups in total. The number of hydrogen-bond acceptors (Lipinski definition) is 6. The van der Waals surface area contributed by atoms with Crippen molar-refractivity contribution in [1.82, 2.24) is 25.4 Å². The molecule has 2 unspecified atom stereocenters. The third-order valence-corrected chi connectivity index (χ3v) is 8.92. The van der Waals surface area contributed by atoms with Crippen LogP contribution in [-0.4, -0.2) is 75.9 Å². The molecule has 2 saturated carbocycles. The molecule has 230 valence electrons. The highest BCUT2D eigenvalue weighted by atomic mass is 19.4. The van der Waals surface area contributed by atoms with E-state index in [2.05, 4.69) is 20.5 Å². The molecule has 3 fully saturated rings. The van der Waals surface area contributed by atoms with Gasteiger partial charge in [-0.1, -0.05) is 0 Å². The highest BCUT2D eigenvalue weighted by Crippen LogP contribution is 2.50. The number of ketones is 1. The summed E-state index contributed by atoms with van der Waals surface area (Å²) in [5.41, 5.74) is -1.14. The van der Waals surface area contributed by atoms with Crippen LogP contribution in [0, 0.1) is 29.5 Å². The van der Waals surface area contributed by atoms with E-state index in [0.717, 1.165) is 23.9 Å². The lowest BCUT2D eigenvalue weighted by Gasteiger charge is -2.42. The second-order valence-corrected chi connectivity index (χ2v) is 12.5. The van der Waals surface area contributed by atoms with Crippen molar-refractivity contribution in [2.45, 2.75) is 76.3 Å². The van der Waals surface area contributed by atoms with Crippen molar-refractivity contribution in [3.63, 3.8) is 0 Å². The van der Waals surface area contributed by atoms with E-state index in [0.29, 0.717) is 12.8 Å². The number of H-pyrrole nitrogens is 1. The van der Waals surface area contributed by atoms with E-state index in [9.17, 15) is 31.5 Å². The Hall–Kier alpha value is -3.09. The predicted molar refractivity (Wildman–Crippen MR) is 143 cm³/mol. The summed E-state index contributed by atoms with van der Waals surface area (Å²) in [5.74, 6) is -1.45. The average molecular weight is 598 g/mol. The van der Waals surface area contributed by atoms with E-state index in [4.69, 9.17) is 4.74 Å². The van der Waals surface area contributed by atoms with Crippen molar-refractivity contribution in [2.24, 2.45) is 23.7 Å². The van der Waals surface area contributed by atoms with Gasteiger partial charge in [-0.25, -0.2) is 13.8 Å². The van der Waals surface area contributed by atoms with Crippen LogP contribution in [0.25, 0.3) is 11.3 Å². The van der Waals surface area contributed by atoms with Gasteiger partial charge in [0.25, 0.3) is 0 Å². The number of alkyl halides is 4. The first kappa shape index (κ1) is 30.4. The van der Waals surface area contributed by atoms with Gasteiger partial charge in [0.2, 0.25) is 11.8 Å². The summed E-state index contributed by atoms with van der Waals surface area (Å²) >= 11 is 0. The summed E-state index contributed by atoms with van der Waals surface area (Å²) in [6.07, 6.45) is -0.928. The number of piperidine rings is 1. The maximum absolute atomic E-state index is 14.4. The molecule has 3 heterocycles. The van der Waals surface area contributed by atoms with E-state index >= 15 is 0 Å². The summed E-state index contributed by atoms with van der Waals surface area (Å²) in [7, 11) is 1.41. The molecular weight excluding hydrogens is 561 g/mol. The molecule has 3 aliphatic rings. The average Bonchev–Trinajstić information content (AvgIpc) is 3.49. The molecular formula is C29H36F5N5O3. The number of fused-ring (bicyclic) bond motifs is 2. The second kappa shape index (κ2) is 11.5. The monoisotopic (exact) mass is 597 g/mol. The van der Waals surface area contributed by atoms with Crippen LogP contribution in [0.5, 0.6) is 5.88 Å². The molecule has 2 aromatic rings. The standard InChI is InChI=1S/C29H36F5N5O3/c1-28(2,31)14-39-13-18(6-7-23(39)29(32,33)34)36-27(41)17-8-15-4-5-16(9-17)25(15)26(40)22-11-21(37-38-22)19-10-24(42-3)35-12-20(19)30/h10-12,15-18,23,25H,4-9,13-14H2,1-3H3,(H,36,41)(H,37,38)/t15-,16+,17?,18-,23-,25?/m1/s1. The number of aromatic amines is 1. The van der Waals surface area contributed by atoms with Gasteiger partial charge >= 0.3 is 6.18 Å². The van der Waals surface area contributed by atoms with Crippen molar-refractivity contribution in [2.75, 3.05) is 20.2 Å². The number of ether oxygens (including phenoxy) is 1. The van der Waals surface area contributed by atoms with Crippen LogP contribution >= 0.6 is 0 Å². The van der Waals surface area contributed by atoms with E-state index in [1.54, 1.807) is 0 Å². The van der Waals surface area contributed by atoms with Crippen molar-refractivity contribution in [3.8, 4) is 17.1 Å². The maximum Gasteiger partial charge on any atom is 0.404 e. The van der Waals surface area contributed by atoms with Crippen LogP contribution in [0.2, 0.25) is 0 Å². The SMILES string of the molecule is COc1cc(-c2cc(C(=O)C3[C@@H]4CC[C@H]3CC(C(=O)N[C@@H]3CC[C@H](C(F)(F)F)N(CC(C)(C)F)C3)C4)[nH]n2)c(F)cn1. The summed E-state index contributed by atoms with van der Waals surface area (Å²) in [6.45, 7) is 2.04. The molecule has 8 nitrogen and oxygen atoms in total. The van der Waals surface area contributed by atoms with E-state index < -0.39 is 29.7 Å². The molecule has 2 aromatic heterocycles. The predicted octanol–water partition coefficient (Wildman–Crippen LogP) is 5.11. The fourth-order valence-electron chi connectivity index (χ4n) is 7.17. The Kier molecular flexibility index (Phi) is 8.34. The zero-order valence-corrected chi connectivity index (χ0v) is 23.8. The Bertz CT molecular complexity index is 1300. The van der Waals surface area contributed by atoms with Gasteiger partial charge in [-0.3, -0.25) is 19.6 Å². The lowest BCUT2D eigenvalue weighted by Crippen LogP contribution is -2.59. The smallest absolute Gasteiger partial charge is 0.404 e. The van der Waals surface area contributed by atoms with Crippen molar-refractivity contribution >= 4 is 11.7 Å². The summed E-state index contributed by atoms with van der Waals surface area (Å²) in [5, 5.41) is 9.81. The number of nitrogens with one attached hydrogen (secondary N) is 2. The Morgan fingerprint density at radius 1 is 1.10 bits per heavy atom. The van der Waals surface area contributed by atoms with Gasteiger partial charge in [-0.2, -0.15) is 18.3 Å². The molecule has 2 bridgehead atoms. The number of hydrogen-bond donors (Lipinski definition) is 2. The van der Waals surface area contributed by atoms with E-state index in [1.807, 2.05) is 0 Å². The fourth-order valence-corrected chi connectivity index (χ4v) is 7.17. The molecule has 1 aliphatic heterocycles. The Morgan fingerprint density at radius 2 is 1.79 bits per heavy atom. The molecule has 0 spiro atoms.